The van der Waals surface area contributed by atoms with Crippen molar-refractivity contribution in [2.24, 2.45) is 5.73 Å². The molecule has 0 aliphatic carbocycles. The lowest BCUT2D eigenvalue weighted by atomic mass is 10.0. The summed E-state index contributed by atoms with van der Waals surface area (Å²) >= 11 is 4.42. The number of aromatic nitrogens is 1. The molecule has 0 bridgehead atoms. The number of nitrogens with two attached hydrogens (primary N) is 1. The molecular formula is C30H43N5O8S3. The minimum atomic E-state index is -0.808. The van der Waals surface area contributed by atoms with Gasteiger partial charge in [0.25, 0.3) is 11.0 Å². The highest BCUT2D eigenvalue weighted by molar-refractivity contribution is 8.01. The maximum Gasteiger partial charge on any atom is 0.294 e. The number of thioether (sulfide) groups is 1. The number of para-hydroxylation sites is 1. The van der Waals surface area contributed by atoms with Gasteiger partial charge in [0.2, 0.25) is 0 Å². The average molecular weight is 698 g/mol. The van der Waals surface area contributed by atoms with Crippen LogP contribution in [-0.4, -0.2) is 88.1 Å². The second kappa shape index (κ2) is 17.8. The summed E-state index contributed by atoms with van der Waals surface area (Å²) in [4.78, 5) is 32.1. The van der Waals surface area contributed by atoms with Crippen molar-refractivity contribution in [3.05, 3.63) is 56.3 Å². The molecule has 3 aromatic rings. The number of fused-ring (bicyclic) bond motifs is 1. The Morgan fingerprint density at radius 2 is 2.00 bits per heavy atom. The molecule has 1 aliphatic heterocycles. The van der Waals surface area contributed by atoms with Gasteiger partial charge in [0.1, 0.15) is 25.4 Å². The number of thiazole rings is 1. The van der Waals surface area contributed by atoms with Crippen LogP contribution < -0.4 is 25.8 Å². The summed E-state index contributed by atoms with van der Waals surface area (Å²) < 4.78 is 12.1. The van der Waals surface area contributed by atoms with Crippen molar-refractivity contribution in [3.63, 3.8) is 0 Å². The van der Waals surface area contributed by atoms with Crippen LogP contribution in [0, 0.1) is 10.1 Å². The Morgan fingerprint density at radius 1 is 1.24 bits per heavy atom. The zero-order valence-corrected chi connectivity index (χ0v) is 29.0. The fourth-order valence-electron chi connectivity index (χ4n) is 3.98. The van der Waals surface area contributed by atoms with Crippen molar-refractivity contribution < 1.29 is 34.4 Å². The molecule has 3 heterocycles. The number of nitrogens with one attached hydrogen (secondary N) is 2. The number of aliphatic hydroxyl groups is 2. The van der Waals surface area contributed by atoms with Gasteiger partial charge >= 0.3 is 0 Å². The smallest absolute Gasteiger partial charge is 0.294 e. The van der Waals surface area contributed by atoms with Gasteiger partial charge in [-0.2, -0.15) is 0 Å². The molecular weight excluding hydrogens is 655 g/mol. The molecule has 3 atom stereocenters. The molecule has 6 N–H and O–H groups in total. The van der Waals surface area contributed by atoms with Gasteiger partial charge in [-0.3, -0.25) is 4.79 Å². The van der Waals surface area contributed by atoms with Crippen LogP contribution in [0.15, 0.2) is 40.1 Å². The first-order valence-corrected chi connectivity index (χ1v) is 17.4. The summed E-state index contributed by atoms with van der Waals surface area (Å²) in [5.74, 6) is 1.25. The standard InChI is InChI=1S/C15H21N3O2S3.C15H22N2O6/c1-15(2,3)17-6-9(19)7-21-14-18-10(8-22-14)11-4-5-12(23-11)13(16)20;1-10(2)16-7-12(18)8-21-14-5-3-4-11-6-13(23-17(19)20)9-22-15(11)14/h4-5,8-9,17,19H,6-7H2,1-3H3,(H2,16,20);3-5,10,12-13,16,18H,6-9H2,1-2H3. The van der Waals surface area contributed by atoms with E-state index >= 15 is 0 Å². The van der Waals surface area contributed by atoms with Crippen LogP contribution in [0.1, 0.15) is 49.9 Å². The van der Waals surface area contributed by atoms with E-state index in [0.717, 1.165) is 20.5 Å². The van der Waals surface area contributed by atoms with Crippen LogP contribution >= 0.6 is 34.4 Å². The predicted molar refractivity (Wildman–Crippen MR) is 181 cm³/mol. The van der Waals surface area contributed by atoms with E-state index in [4.69, 9.17) is 15.2 Å². The number of primary amides is 1. The van der Waals surface area contributed by atoms with Crippen LogP contribution in [-0.2, 0) is 11.3 Å². The molecule has 0 spiro atoms. The summed E-state index contributed by atoms with van der Waals surface area (Å²) in [7, 11) is 0. The number of carbonyl (C=O) groups is 1. The maximum absolute atomic E-state index is 11.1. The number of ether oxygens (including phenoxy) is 2. The Hall–Kier alpha value is -2.99. The molecule has 4 rings (SSSR count). The largest absolute Gasteiger partial charge is 0.487 e. The van der Waals surface area contributed by atoms with E-state index in [2.05, 4.69) is 41.2 Å². The Labute approximate surface area is 281 Å². The lowest BCUT2D eigenvalue weighted by molar-refractivity contribution is -0.769. The molecule has 254 valence electrons. The van der Waals surface area contributed by atoms with Gasteiger partial charge in [0.05, 0.1) is 21.6 Å². The number of β-amino-alcohol motifs (C(OH)–C–C–N with tert-alkyl or cyclic N) is 1. The van der Waals surface area contributed by atoms with Gasteiger partial charge in [0, 0.05) is 47.8 Å². The molecule has 0 fully saturated rings. The number of hydrogen-bond acceptors (Lipinski definition) is 14. The van der Waals surface area contributed by atoms with E-state index in [0.29, 0.717) is 41.6 Å². The van der Waals surface area contributed by atoms with Gasteiger partial charge in [-0.05, 0) is 39.0 Å². The molecule has 46 heavy (non-hydrogen) atoms. The molecule has 0 saturated carbocycles. The monoisotopic (exact) mass is 697 g/mol. The van der Waals surface area contributed by atoms with Crippen LogP contribution in [0.2, 0.25) is 0 Å². The van der Waals surface area contributed by atoms with Crippen molar-refractivity contribution in [2.75, 3.05) is 32.1 Å². The normalized spacial score (nSPS) is 15.6. The van der Waals surface area contributed by atoms with E-state index < -0.39 is 29.3 Å². The number of aliphatic hydroxyl groups excluding tert-OH is 2. The number of benzene rings is 1. The number of rotatable bonds is 15. The fraction of sp³-hybridized carbons (Fsp3) is 0.533. The van der Waals surface area contributed by atoms with E-state index in [1.807, 2.05) is 31.4 Å². The molecule has 3 unspecified atom stereocenters. The summed E-state index contributed by atoms with van der Waals surface area (Å²) in [6.45, 7) is 11.4. The van der Waals surface area contributed by atoms with Crippen molar-refractivity contribution in [2.45, 2.75) is 75.3 Å². The van der Waals surface area contributed by atoms with Crippen LogP contribution in [0.5, 0.6) is 11.5 Å². The van der Waals surface area contributed by atoms with E-state index in [-0.39, 0.29) is 24.8 Å². The number of nitrogens with zero attached hydrogens (tertiary/aromatic N) is 2. The highest BCUT2D eigenvalue weighted by atomic mass is 32.2. The van der Waals surface area contributed by atoms with Gasteiger partial charge in [-0.25, -0.2) is 4.98 Å². The maximum atomic E-state index is 11.1. The Balaban J connectivity index is 0.000000250. The SMILES string of the molecule is CC(C)(C)NCC(O)CSc1nc(-c2ccc(C(N)=O)s2)cs1.CC(C)NCC(O)COc1cccc2c1OCC(O[N+](=O)[O-])C2. The molecule has 1 aliphatic rings. The summed E-state index contributed by atoms with van der Waals surface area (Å²) in [6.07, 6.45) is -1.30. The van der Waals surface area contributed by atoms with Crippen molar-refractivity contribution in [1.82, 2.24) is 15.6 Å². The van der Waals surface area contributed by atoms with E-state index in [1.54, 1.807) is 18.2 Å². The fourth-order valence-corrected chi connectivity index (χ4v) is 6.65. The van der Waals surface area contributed by atoms with Crippen molar-refractivity contribution in [1.29, 1.82) is 0 Å². The summed E-state index contributed by atoms with van der Waals surface area (Å²) in [5.41, 5.74) is 6.90. The van der Waals surface area contributed by atoms with Crippen molar-refractivity contribution >= 4 is 40.3 Å². The quantitative estimate of drug-likeness (QED) is 0.0880. The molecule has 16 heteroatoms. The lowest BCUT2D eigenvalue weighted by Crippen LogP contribution is -2.41. The second-order valence-electron chi connectivity index (χ2n) is 11.9. The molecule has 13 nitrogen and oxygen atoms in total. The van der Waals surface area contributed by atoms with Crippen molar-refractivity contribution in [3.8, 4) is 22.1 Å². The van der Waals surface area contributed by atoms with Gasteiger partial charge in [-0.1, -0.05) is 37.7 Å². The highest BCUT2D eigenvalue weighted by Gasteiger charge is 2.25. The third kappa shape index (κ3) is 13.0. The lowest BCUT2D eigenvalue weighted by Gasteiger charge is -2.25. The highest BCUT2D eigenvalue weighted by Crippen LogP contribution is 2.36. The Bertz CT molecular complexity index is 1410. The number of thiophene rings is 1. The van der Waals surface area contributed by atoms with E-state index in [1.165, 1.54) is 34.4 Å². The first-order valence-electron chi connectivity index (χ1n) is 14.7. The molecule has 0 radical (unpaired) electrons. The zero-order valence-electron chi connectivity index (χ0n) is 26.6. The number of hydrogen-bond donors (Lipinski definition) is 5. The summed E-state index contributed by atoms with van der Waals surface area (Å²) in [6, 6.07) is 9.21. The molecule has 1 aromatic carbocycles. The Morgan fingerprint density at radius 3 is 2.65 bits per heavy atom. The first-order chi connectivity index (χ1) is 21.7. The number of carbonyl (C=O) groups excluding carboxylic acids is 1. The number of amides is 1. The third-order valence-corrected chi connectivity index (χ3v) is 9.49. The van der Waals surface area contributed by atoms with Crippen LogP contribution in [0.4, 0.5) is 0 Å². The molecule has 0 saturated heterocycles. The molecule has 1 amide bonds. The average Bonchev–Trinajstić information content (AvgIpc) is 3.67. The predicted octanol–water partition coefficient (Wildman–Crippen LogP) is 3.75. The van der Waals surface area contributed by atoms with Gasteiger partial charge < -0.3 is 40.9 Å². The minimum Gasteiger partial charge on any atom is -0.487 e. The van der Waals surface area contributed by atoms with E-state index in [9.17, 15) is 25.1 Å². The van der Waals surface area contributed by atoms with Crippen LogP contribution in [0.25, 0.3) is 10.6 Å². The zero-order chi connectivity index (χ0) is 33.9. The molecule has 2 aromatic heterocycles. The Kier molecular flexibility index (Phi) is 14.5. The second-order valence-corrected chi connectivity index (χ2v) is 15.1. The van der Waals surface area contributed by atoms with Crippen LogP contribution in [0.3, 0.4) is 0 Å². The minimum absolute atomic E-state index is 0.00268. The van der Waals surface area contributed by atoms with Gasteiger partial charge in [0.15, 0.2) is 15.8 Å². The first kappa shape index (κ1) is 37.5. The van der Waals surface area contributed by atoms with Gasteiger partial charge in [-0.15, -0.1) is 32.8 Å². The topological polar surface area (TPSA) is 191 Å². The summed E-state index contributed by atoms with van der Waals surface area (Å²) in [5, 5.41) is 37.8. The third-order valence-electron chi connectivity index (χ3n) is 6.20.